The molecule has 7 heteroatoms. The van der Waals surface area contributed by atoms with E-state index in [-0.39, 0.29) is 11.5 Å². The molecular formula is C11H10IN5O. The Labute approximate surface area is 113 Å². The number of nitrogen functional groups attached to an aromatic ring is 1. The first kappa shape index (κ1) is 11.3. The molecule has 0 amide bonds. The van der Waals surface area contributed by atoms with E-state index in [4.69, 9.17) is 5.73 Å². The van der Waals surface area contributed by atoms with Gasteiger partial charge in [0.1, 0.15) is 21.3 Å². The third kappa shape index (κ3) is 2.01. The molecule has 3 N–H and O–H groups in total. The van der Waals surface area contributed by atoms with E-state index < -0.39 is 21.3 Å². The number of nitrogens with two attached hydrogens (primary N) is 1. The molecule has 0 aliphatic carbocycles. The summed E-state index contributed by atoms with van der Waals surface area (Å²) < 4.78 is 6.32. The molecule has 0 atom stereocenters. The number of hydrogen-bond acceptors (Lipinski definition) is 5. The average Bonchev–Trinajstić information content (AvgIpc) is 2.73. The van der Waals surface area contributed by atoms with Gasteiger partial charge in [0.05, 0.1) is 6.54 Å². The third-order valence-corrected chi connectivity index (χ3v) is 4.53. The van der Waals surface area contributed by atoms with Crippen molar-refractivity contribution in [1.29, 1.82) is 0 Å². The molecule has 0 fully saturated rings. The van der Waals surface area contributed by atoms with Gasteiger partial charge in [0, 0.05) is 0 Å². The number of aromatic nitrogens is 2. The molecule has 92 valence electrons. The van der Waals surface area contributed by atoms with Crippen LogP contribution < -0.4 is 14.4 Å². The fourth-order valence-electron chi connectivity index (χ4n) is 1.72. The summed E-state index contributed by atoms with van der Waals surface area (Å²) in [5, 5.41) is 0. The van der Waals surface area contributed by atoms with Gasteiger partial charge < -0.3 is 5.73 Å². The Bertz CT molecular complexity index is 667. The first-order valence-corrected chi connectivity index (χ1v) is 7.24. The van der Waals surface area contributed by atoms with Gasteiger partial charge in [-0.1, -0.05) is 30.3 Å². The van der Waals surface area contributed by atoms with Crippen molar-refractivity contribution in [1.82, 2.24) is 9.97 Å². The Morgan fingerprint density at radius 1 is 1.33 bits per heavy atom. The molecule has 0 saturated heterocycles. The Hall–Kier alpha value is -1.77. The predicted octanol–water partition coefficient (Wildman–Crippen LogP) is 2.07. The van der Waals surface area contributed by atoms with Gasteiger partial charge in [0.25, 0.3) is 5.56 Å². The number of H-pyrrole nitrogens is 1. The van der Waals surface area contributed by atoms with Gasteiger partial charge in [-0.15, -0.1) is 0 Å². The fourth-order valence-corrected chi connectivity index (χ4v) is 3.72. The molecule has 2 heterocycles. The molecule has 0 saturated carbocycles. The molecule has 1 aliphatic heterocycles. The van der Waals surface area contributed by atoms with Crippen molar-refractivity contribution < 1.29 is 0 Å². The molecule has 0 bridgehead atoms. The summed E-state index contributed by atoms with van der Waals surface area (Å²) in [7, 11) is 0. The van der Waals surface area contributed by atoms with Crippen molar-refractivity contribution in [3.63, 3.8) is 0 Å². The van der Waals surface area contributed by atoms with E-state index in [1.807, 2.05) is 33.4 Å². The van der Waals surface area contributed by atoms with Gasteiger partial charge in [-0.2, -0.15) is 8.13 Å². The topological polar surface area (TPSA) is 87.4 Å². The second-order valence-electron chi connectivity index (χ2n) is 3.79. The Morgan fingerprint density at radius 3 is 2.89 bits per heavy atom. The number of halogens is 1. The molecule has 2 aromatic rings. The second kappa shape index (κ2) is 4.48. The molecule has 18 heavy (non-hydrogen) atoms. The highest BCUT2D eigenvalue weighted by atomic mass is 127. The van der Waals surface area contributed by atoms with Crippen LogP contribution >= 0.6 is 21.3 Å². The van der Waals surface area contributed by atoms with Gasteiger partial charge in [-0.3, -0.25) is 12.9 Å². The highest BCUT2D eigenvalue weighted by molar-refractivity contribution is 14.2. The maximum Gasteiger partial charge on any atom is 0.278 e. The van der Waals surface area contributed by atoms with Crippen LogP contribution in [-0.4, -0.2) is 9.97 Å². The summed E-state index contributed by atoms with van der Waals surface area (Å²) in [6.07, 6.45) is 0. The first-order valence-electron chi connectivity index (χ1n) is 5.31. The number of benzene rings is 1. The first-order chi connectivity index (χ1) is 8.74. The van der Waals surface area contributed by atoms with E-state index in [0.717, 1.165) is 5.56 Å². The number of nitrogens with one attached hydrogen (secondary N) is 1. The maximum absolute atomic E-state index is 11.9. The smallest absolute Gasteiger partial charge is 0.278 e. The van der Waals surface area contributed by atoms with Crippen LogP contribution in [0.2, 0.25) is 0 Å². The minimum atomic E-state index is -0.589. The lowest BCUT2D eigenvalue weighted by atomic mass is 10.2. The van der Waals surface area contributed by atoms with Crippen LogP contribution in [-0.2, 0) is 6.54 Å². The molecule has 0 spiro atoms. The predicted molar refractivity (Wildman–Crippen MR) is 78.0 cm³/mol. The standard InChI is InChI=1S/C11H10IN5O/c13-11-14-9-8(10(18)15-11)17(12-16-9)6-7-4-2-1-3-5-7/h1-5H,6H2,(H3,13,14,15,18). The Kier molecular flexibility index (Phi) is 2.82. The summed E-state index contributed by atoms with van der Waals surface area (Å²) in [6.45, 7) is 0.680. The summed E-state index contributed by atoms with van der Waals surface area (Å²) in [6, 6.07) is 9.98. The van der Waals surface area contributed by atoms with E-state index in [1.165, 1.54) is 0 Å². The van der Waals surface area contributed by atoms with Gasteiger partial charge in [-0.05, 0) is 5.56 Å². The van der Waals surface area contributed by atoms with Crippen molar-refractivity contribution in [2.75, 3.05) is 8.85 Å². The zero-order valence-corrected chi connectivity index (χ0v) is 11.5. The number of nitrogens with zero attached hydrogens (tertiary/aromatic N) is 3. The van der Waals surface area contributed by atoms with Crippen LogP contribution in [0.25, 0.3) is 0 Å². The number of anilines is 2. The van der Waals surface area contributed by atoms with E-state index >= 15 is 0 Å². The molecule has 1 aromatic carbocycles. The molecule has 3 rings (SSSR count). The van der Waals surface area contributed by atoms with E-state index in [2.05, 4.69) is 13.1 Å². The van der Waals surface area contributed by atoms with Crippen molar-refractivity contribution in [3.8, 4) is 0 Å². The largest absolute Gasteiger partial charge is 0.369 e. The van der Waals surface area contributed by atoms with Crippen LogP contribution in [0.5, 0.6) is 0 Å². The summed E-state index contributed by atoms with van der Waals surface area (Å²) >= 11 is -0.589. The molecule has 1 aliphatic rings. The Balaban J connectivity index is 1.96. The van der Waals surface area contributed by atoms with E-state index in [0.29, 0.717) is 18.1 Å². The summed E-state index contributed by atoms with van der Waals surface area (Å²) in [5.41, 5.74) is 6.98. The lowest BCUT2D eigenvalue weighted by Crippen LogP contribution is -2.20. The zero-order chi connectivity index (χ0) is 12.5. The minimum Gasteiger partial charge on any atom is -0.369 e. The third-order valence-electron chi connectivity index (χ3n) is 2.51. The van der Waals surface area contributed by atoms with E-state index in [1.54, 1.807) is 0 Å². The molecule has 0 unspecified atom stereocenters. The maximum atomic E-state index is 11.9. The number of rotatable bonds is 2. The van der Waals surface area contributed by atoms with Gasteiger partial charge in [0.15, 0.2) is 11.5 Å². The SMILES string of the molecule is Nc1nc2c(c(=O)[nH]1)N(Cc1ccccc1)I=N2. The Morgan fingerprint density at radius 2 is 2.11 bits per heavy atom. The molecule has 1 aromatic heterocycles. The lowest BCUT2D eigenvalue weighted by Gasteiger charge is -2.13. The molecular weight excluding hydrogens is 345 g/mol. The lowest BCUT2D eigenvalue weighted by molar-refractivity contribution is 1.04. The highest BCUT2D eigenvalue weighted by Crippen LogP contribution is 2.38. The van der Waals surface area contributed by atoms with Crippen molar-refractivity contribution in [2.24, 2.45) is 3.15 Å². The van der Waals surface area contributed by atoms with Gasteiger partial charge in [-0.25, -0.2) is 0 Å². The van der Waals surface area contributed by atoms with Crippen molar-refractivity contribution >= 4 is 38.8 Å². The van der Waals surface area contributed by atoms with Crippen molar-refractivity contribution in [2.45, 2.75) is 6.54 Å². The van der Waals surface area contributed by atoms with E-state index in [9.17, 15) is 4.79 Å². The molecule has 6 nitrogen and oxygen atoms in total. The summed E-state index contributed by atoms with van der Waals surface area (Å²) in [4.78, 5) is 18.4. The van der Waals surface area contributed by atoms with Crippen LogP contribution in [0.15, 0.2) is 38.3 Å². The zero-order valence-electron chi connectivity index (χ0n) is 9.30. The molecule has 0 radical (unpaired) electrons. The van der Waals surface area contributed by atoms with Gasteiger partial charge >= 0.3 is 0 Å². The van der Waals surface area contributed by atoms with Crippen LogP contribution in [0.1, 0.15) is 5.56 Å². The van der Waals surface area contributed by atoms with Crippen molar-refractivity contribution in [3.05, 3.63) is 46.2 Å². The van der Waals surface area contributed by atoms with Crippen LogP contribution in [0, 0.1) is 0 Å². The fraction of sp³-hybridized carbons (Fsp3) is 0.0909. The van der Waals surface area contributed by atoms with Gasteiger partial charge in [0.2, 0.25) is 5.95 Å². The monoisotopic (exact) mass is 355 g/mol. The normalized spacial score (nSPS) is 13.2. The quantitative estimate of drug-likeness (QED) is 0.638. The number of fused-ring (bicyclic) bond motifs is 1. The summed E-state index contributed by atoms with van der Waals surface area (Å²) in [5.74, 6) is 0.591. The number of aromatic amines is 1. The minimum absolute atomic E-state index is 0.119. The van der Waals surface area contributed by atoms with Crippen LogP contribution in [0.4, 0.5) is 17.5 Å². The second-order valence-corrected chi connectivity index (χ2v) is 5.87. The highest BCUT2D eigenvalue weighted by Gasteiger charge is 2.22. The van der Waals surface area contributed by atoms with Crippen LogP contribution in [0.3, 0.4) is 0 Å². The number of hydrogen-bond donors (Lipinski definition) is 2. The average molecular weight is 355 g/mol.